The molecular formula is C16H25N3O4. The fraction of sp³-hybridized carbons (Fsp3) is 0.750. The van der Waals surface area contributed by atoms with E-state index in [2.05, 4.69) is 10.1 Å². The Morgan fingerprint density at radius 3 is 2.83 bits per heavy atom. The number of piperidine rings is 1. The number of carbonyl (C=O) groups excluding carboxylic acids is 1. The van der Waals surface area contributed by atoms with Crippen molar-refractivity contribution in [1.29, 1.82) is 0 Å². The molecule has 7 heteroatoms. The normalized spacial score (nSPS) is 18.4. The maximum absolute atomic E-state index is 12.3. The van der Waals surface area contributed by atoms with Crippen LogP contribution in [0.1, 0.15) is 63.6 Å². The number of aryl methyl sites for hydroxylation is 1. The Labute approximate surface area is 136 Å². The Hall–Kier alpha value is -1.92. The van der Waals surface area contributed by atoms with Crippen molar-refractivity contribution in [3.8, 4) is 0 Å². The first-order chi connectivity index (χ1) is 11.0. The Morgan fingerprint density at radius 2 is 2.17 bits per heavy atom. The minimum absolute atomic E-state index is 0.0781. The van der Waals surface area contributed by atoms with Crippen LogP contribution in [0.15, 0.2) is 4.52 Å². The van der Waals surface area contributed by atoms with Crippen LogP contribution in [-0.4, -0.2) is 45.1 Å². The number of carbonyl (C=O) groups is 2. The van der Waals surface area contributed by atoms with E-state index in [0.29, 0.717) is 43.4 Å². The summed E-state index contributed by atoms with van der Waals surface area (Å²) in [6.07, 6.45) is 3.56. The molecule has 1 aliphatic rings. The van der Waals surface area contributed by atoms with Crippen LogP contribution < -0.4 is 0 Å². The quantitative estimate of drug-likeness (QED) is 0.826. The van der Waals surface area contributed by atoms with Crippen LogP contribution in [0, 0.1) is 5.92 Å². The molecule has 1 saturated heterocycles. The fourth-order valence-corrected chi connectivity index (χ4v) is 2.83. The summed E-state index contributed by atoms with van der Waals surface area (Å²) >= 11 is 0. The van der Waals surface area contributed by atoms with Gasteiger partial charge >= 0.3 is 5.97 Å². The number of hydrogen-bond acceptors (Lipinski definition) is 5. The van der Waals surface area contributed by atoms with E-state index in [9.17, 15) is 9.59 Å². The van der Waals surface area contributed by atoms with Crippen LogP contribution in [0.25, 0.3) is 0 Å². The number of carboxylic acid groups (broad SMARTS) is 1. The molecule has 1 N–H and O–H groups in total. The molecule has 0 radical (unpaired) electrons. The molecule has 0 aliphatic carbocycles. The topological polar surface area (TPSA) is 96.5 Å². The predicted octanol–water partition coefficient (Wildman–Crippen LogP) is 2.23. The number of aliphatic carboxylic acids is 1. The molecule has 2 rings (SSSR count). The molecule has 1 aromatic heterocycles. The highest BCUT2D eigenvalue weighted by atomic mass is 16.5. The van der Waals surface area contributed by atoms with E-state index in [0.717, 1.165) is 19.4 Å². The van der Waals surface area contributed by atoms with Crippen LogP contribution >= 0.6 is 0 Å². The van der Waals surface area contributed by atoms with E-state index < -0.39 is 5.97 Å². The summed E-state index contributed by atoms with van der Waals surface area (Å²) in [5.74, 6) is 0.973. The van der Waals surface area contributed by atoms with Gasteiger partial charge in [-0.1, -0.05) is 19.0 Å². The highest BCUT2D eigenvalue weighted by Crippen LogP contribution is 2.22. The number of carboxylic acids is 1. The van der Waals surface area contributed by atoms with Gasteiger partial charge in [-0.15, -0.1) is 0 Å². The molecule has 1 aromatic rings. The highest BCUT2D eigenvalue weighted by molar-refractivity contribution is 5.76. The second-order valence-electron chi connectivity index (χ2n) is 6.48. The molecule has 0 bridgehead atoms. The van der Waals surface area contributed by atoms with Crippen molar-refractivity contribution >= 4 is 11.9 Å². The van der Waals surface area contributed by atoms with Gasteiger partial charge in [-0.25, -0.2) is 0 Å². The summed E-state index contributed by atoms with van der Waals surface area (Å²) in [4.78, 5) is 29.1. The molecule has 1 fully saturated rings. The van der Waals surface area contributed by atoms with Gasteiger partial charge in [0, 0.05) is 38.3 Å². The summed E-state index contributed by atoms with van der Waals surface area (Å²) in [6, 6.07) is 0. The van der Waals surface area contributed by atoms with Gasteiger partial charge in [-0.2, -0.15) is 4.98 Å². The maximum atomic E-state index is 12.3. The molecule has 1 amide bonds. The lowest BCUT2D eigenvalue weighted by atomic mass is 9.93. The Balaban J connectivity index is 1.79. The molecule has 0 unspecified atom stereocenters. The third-order valence-electron chi connectivity index (χ3n) is 4.19. The molecule has 0 saturated carbocycles. The molecule has 2 heterocycles. The SMILES string of the molecule is CC(C)c1noc(CCC(=O)N2CCC[C@@H](CCC(=O)O)C2)n1. The van der Waals surface area contributed by atoms with E-state index in [1.807, 2.05) is 18.7 Å². The number of rotatable bonds is 7. The number of nitrogens with zero attached hydrogens (tertiary/aromatic N) is 3. The van der Waals surface area contributed by atoms with Gasteiger partial charge in [-0.3, -0.25) is 9.59 Å². The smallest absolute Gasteiger partial charge is 0.303 e. The van der Waals surface area contributed by atoms with Gasteiger partial charge in [0.1, 0.15) is 0 Å². The van der Waals surface area contributed by atoms with Crippen molar-refractivity contribution in [2.45, 2.75) is 58.3 Å². The number of hydrogen-bond donors (Lipinski definition) is 1. The van der Waals surface area contributed by atoms with Gasteiger partial charge in [0.15, 0.2) is 5.82 Å². The second kappa shape index (κ2) is 8.08. The zero-order valence-corrected chi connectivity index (χ0v) is 13.8. The summed E-state index contributed by atoms with van der Waals surface area (Å²) in [7, 11) is 0. The number of amides is 1. The van der Waals surface area contributed by atoms with Gasteiger partial charge in [0.2, 0.25) is 11.8 Å². The zero-order valence-electron chi connectivity index (χ0n) is 13.8. The molecule has 128 valence electrons. The third kappa shape index (κ3) is 5.33. The van der Waals surface area contributed by atoms with Gasteiger partial charge in [0.05, 0.1) is 0 Å². The van der Waals surface area contributed by atoms with Gasteiger partial charge in [-0.05, 0) is 25.2 Å². The summed E-state index contributed by atoms with van der Waals surface area (Å²) in [5, 5.41) is 12.7. The summed E-state index contributed by atoms with van der Waals surface area (Å²) < 4.78 is 5.15. The van der Waals surface area contributed by atoms with E-state index in [4.69, 9.17) is 9.63 Å². The van der Waals surface area contributed by atoms with Crippen molar-refractivity contribution < 1.29 is 19.2 Å². The second-order valence-corrected chi connectivity index (χ2v) is 6.48. The standard InChI is InChI=1S/C16H25N3O4/c1-11(2)16-17-13(23-18-16)6-7-14(20)19-9-3-4-12(10-19)5-8-15(21)22/h11-12H,3-10H2,1-2H3,(H,21,22)/t12-/m0/s1. The first kappa shape index (κ1) is 17.4. The van der Waals surface area contributed by atoms with Crippen molar-refractivity contribution in [2.75, 3.05) is 13.1 Å². The first-order valence-electron chi connectivity index (χ1n) is 8.27. The van der Waals surface area contributed by atoms with Crippen LogP contribution in [0.3, 0.4) is 0 Å². The fourth-order valence-electron chi connectivity index (χ4n) is 2.83. The van der Waals surface area contributed by atoms with Gasteiger partial charge in [0.25, 0.3) is 0 Å². The van der Waals surface area contributed by atoms with E-state index >= 15 is 0 Å². The van der Waals surface area contributed by atoms with Crippen LogP contribution in [0.4, 0.5) is 0 Å². The number of likely N-dealkylation sites (tertiary alicyclic amines) is 1. The lowest BCUT2D eigenvalue weighted by Gasteiger charge is -2.32. The Morgan fingerprint density at radius 1 is 1.39 bits per heavy atom. The Kier molecular flexibility index (Phi) is 6.12. The molecule has 0 aromatic carbocycles. The molecule has 23 heavy (non-hydrogen) atoms. The minimum Gasteiger partial charge on any atom is -0.481 e. The zero-order chi connectivity index (χ0) is 16.8. The van der Waals surface area contributed by atoms with Crippen molar-refractivity contribution in [3.05, 3.63) is 11.7 Å². The molecule has 7 nitrogen and oxygen atoms in total. The van der Waals surface area contributed by atoms with Crippen LogP contribution in [0.2, 0.25) is 0 Å². The van der Waals surface area contributed by atoms with E-state index in [1.54, 1.807) is 0 Å². The van der Waals surface area contributed by atoms with Gasteiger partial charge < -0.3 is 14.5 Å². The maximum Gasteiger partial charge on any atom is 0.303 e. The monoisotopic (exact) mass is 323 g/mol. The first-order valence-corrected chi connectivity index (χ1v) is 8.27. The highest BCUT2D eigenvalue weighted by Gasteiger charge is 2.24. The Bertz CT molecular complexity index is 541. The van der Waals surface area contributed by atoms with Crippen LogP contribution in [0.5, 0.6) is 0 Å². The molecule has 1 atom stereocenters. The van der Waals surface area contributed by atoms with E-state index in [1.165, 1.54) is 0 Å². The van der Waals surface area contributed by atoms with Crippen molar-refractivity contribution in [3.63, 3.8) is 0 Å². The number of aromatic nitrogens is 2. The molecule has 0 spiro atoms. The van der Waals surface area contributed by atoms with Crippen LogP contribution in [-0.2, 0) is 16.0 Å². The summed E-state index contributed by atoms with van der Waals surface area (Å²) in [5.41, 5.74) is 0. The third-order valence-corrected chi connectivity index (χ3v) is 4.19. The average Bonchev–Trinajstić information content (AvgIpc) is 3.00. The molecular weight excluding hydrogens is 298 g/mol. The van der Waals surface area contributed by atoms with Crippen molar-refractivity contribution in [1.82, 2.24) is 15.0 Å². The minimum atomic E-state index is -0.772. The average molecular weight is 323 g/mol. The lowest BCUT2D eigenvalue weighted by molar-refractivity contribution is -0.137. The molecule has 1 aliphatic heterocycles. The largest absolute Gasteiger partial charge is 0.481 e. The van der Waals surface area contributed by atoms with E-state index in [-0.39, 0.29) is 18.2 Å². The predicted molar refractivity (Wildman–Crippen MR) is 82.9 cm³/mol. The van der Waals surface area contributed by atoms with Crippen molar-refractivity contribution in [2.24, 2.45) is 5.92 Å². The lowest BCUT2D eigenvalue weighted by Crippen LogP contribution is -2.40. The summed E-state index contributed by atoms with van der Waals surface area (Å²) in [6.45, 7) is 5.40.